The maximum absolute atomic E-state index is 11.5. The lowest BCUT2D eigenvalue weighted by molar-refractivity contribution is -0.120. The van der Waals surface area contributed by atoms with Crippen molar-refractivity contribution in [1.29, 1.82) is 0 Å². The van der Waals surface area contributed by atoms with Crippen molar-refractivity contribution >= 4 is 16.8 Å². The Balaban J connectivity index is 1.55. The van der Waals surface area contributed by atoms with Crippen LogP contribution in [0.2, 0.25) is 0 Å². The summed E-state index contributed by atoms with van der Waals surface area (Å²) in [6, 6.07) is 8.67. The number of H-pyrrole nitrogens is 1. The molecule has 94 valence electrons. The molecule has 1 fully saturated rings. The molecule has 4 heteroatoms. The summed E-state index contributed by atoms with van der Waals surface area (Å²) in [5, 5.41) is 7.37. The van der Waals surface area contributed by atoms with Crippen LogP contribution in [0.1, 0.15) is 18.4 Å². The fourth-order valence-electron chi connectivity index (χ4n) is 2.12. The average molecular weight is 243 g/mol. The van der Waals surface area contributed by atoms with E-state index < -0.39 is 0 Å². The van der Waals surface area contributed by atoms with E-state index in [-0.39, 0.29) is 5.91 Å². The van der Waals surface area contributed by atoms with Gasteiger partial charge in [-0.05, 0) is 30.5 Å². The Labute approximate surface area is 106 Å². The molecular weight excluding hydrogens is 226 g/mol. The minimum atomic E-state index is 0.0961. The third-order valence-electron chi connectivity index (χ3n) is 3.23. The molecule has 1 heterocycles. The monoisotopic (exact) mass is 243 g/mol. The van der Waals surface area contributed by atoms with Gasteiger partial charge in [-0.15, -0.1) is 0 Å². The molecule has 0 radical (unpaired) electrons. The summed E-state index contributed by atoms with van der Waals surface area (Å²) in [6.45, 7) is 1.10. The minimum Gasteiger partial charge on any atom is -0.361 e. The Bertz CT molecular complexity index is 557. The van der Waals surface area contributed by atoms with Gasteiger partial charge in [-0.2, -0.15) is 0 Å². The number of hydrogen-bond acceptors (Lipinski definition) is 2. The van der Waals surface area contributed by atoms with Crippen LogP contribution in [-0.2, 0) is 11.3 Å². The summed E-state index contributed by atoms with van der Waals surface area (Å²) in [7, 11) is 0. The van der Waals surface area contributed by atoms with Crippen LogP contribution in [0.4, 0.5) is 0 Å². The number of aromatic nitrogens is 1. The Hall–Kier alpha value is -1.81. The van der Waals surface area contributed by atoms with Crippen LogP contribution in [0.5, 0.6) is 0 Å². The van der Waals surface area contributed by atoms with Crippen molar-refractivity contribution in [2.24, 2.45) is 0 Å². The van der Waals surface area contributed by atoms with Crippen LogP contribution in [-0.4, -0.2) is 23.5 Å². The van der Waals surface area contributed by atoms with Crippen molar-refractivity contribution in [3.05, 3.63) is 36.0 Å². The van der Waals surface area contributed by atoms with Gasteiger partial charge in [-0.3, -0.25) is 4.79 Å². The zero-order valence-corrected chi connectivity index (χ0v) is 10.2. The molecule has 0 atom stereocenters. The number of aromatic amines is 1. The zero-order valence-electron chi connectivity index (χ0n) is 10.2. The molecule has 3 N–H and O–H groups in total. The van der Waals surface area contributed by atoms with E-state index in [4.69, 9.17) is 0 Å². The number of carbonyl (C=O) groups excluding carboxylic acids is 1. The van der Waals surface area contributed by atoms with Gasteiger partial charge in [0.15, 0.2) is 0 Å². The Morgan fingerprint density at radius 1 is 1.33 bits per heavy atom. The van der Waals surface area contributed by atoms with Crippen molar-refractivity contribution in [2.45, 2.75) is 25.4 Å². The third kappa shape index (κ3) is 2.54. The highest BCUT2D eigenvalue weighted by Crippen LogP contribution is 2.18. The van der Waals surface area contributed by atoms with Crippen LogP contribution in [0.15, 0.2) is 30.5 Å². The molecule has 1 aliphatic rings. The molecule has 0 unspecified atom stereocenters. The van der Waals surface area contributed by atoms with Crippen molar-refractivity contribution in [3.63, 3.8) is 0 Å². The van der Waals surface area contributed by atoms with Crippen molar-refractivity contribution in [3.8, 4) is 0 Å². The molecule has 1 amide bonds. The number of carbonyl (C=O) groups is 1. The highest BCUT2D eigenvalue weighted by Gasteiger charge is 2.22. The molecule has 0 saturated heterocycles. The molecule has 18 heavy (non-hydrogen) atoms. The summed E-state index contributed by atoms with van der Waals surface area (Å²) >= 11 is 0. The average Bonchev–Trinajstić information content (AvgIpc) is 3.04. The van der Waals surface area contributed by atoms with E-state index in [0.29, 0.717) is 19.1 Å². The van der Waals surface area contributed by atoms with Crippen molar-refractivity contribution < 1.29 is 4.79 Å². The molecule has 1 aliphatic carbocycles. The first-order valence-corrected chi connectivity index (χ1v) is 6.38. The Kier molecular flexibility index (Phi) is 3.02. The van der Waals surface area contributed by atoms with E-state index in [0.717, 1.165) is 18.4 Å². The number of benzene rings is 1. The lowest BCUT2D eigenvalue weighted by Crippen LogP contribution is -2.34. The zero-order chi connectivity index (χ0) is 12.4. The first-order chi connectivity index (χ1) is 8.83. The fourth-order valence-corrected chi connectivity index (χ4v) is 2.12. The second kappa shape index (κ2) is 4.82. The second-order valence-electron chi connectivity index (χ2n) is 4.80. The molecule has 0 aliphatic heterocycles. The van der Waals surface area contributed by atoms with Gasteiger partial charge in [-0.25, -0.2) is 0 Å². The van der Waals surface area contributed by atoms with Crippen molar-refractivity contribution in [1.82, 2.24) is 15.6 Å². The summed E-state index contributed by atoms with van der Waals surface area (Å²) in [6.07, 6.45) is 4.21. The Morgan fingerprint density at radius 2 is 2.22 bits per heavy atom. The number of hydrogen-bond donors (Lipinski definition) is 3. The number of nitrogens with one attached hydrogen (secondary N) is 3. The molecular formula is C14H17N3O. The summed E-state index contributed by atoms with van der Waals surface area (Å²) in [5.74, 6) is 0.0961. The molecule has 0 bridgehead atoms. The highest BCUT2D eigenvalue weighted by atomic mass is 16.2. The van der Waals surface area contributed by atoms with Gasteiger partial charge in [-0.1, -0.05) is 12.1 Å². The van der Waals surface area contributed by atoms with Gasteiger partial charge in [0.2, 0.25) is 5.91 Å². The summed E-state index contributed by atoms with van der Waals surface area (Å²) in [5.41, 5.74) is 2.35. The molecule has 1 aromatic carbocycles. The Morgan fingerprint density at radius 3 is 3.06 bits per heavy atom. The van der Waals surface area contributed by atoms with Gasteiger partial charge in [0.1, 0.15) is 0 Å². The maximum Gasteiger partial charge on any atom is 0.234 e. The van der Waals surface area contributed by atoms with Gasteiger partial charge < -0.3 is 15.6 Å². The second-order valence-corrected chi connectivity index (χ2v) is 4.80. The normalized spacial score (nSPS) is 14.9. The third-order valence-corrected chi connectivity index (χ3v) is 3.23. The first-order valence-electron chi connectivity index (χ1n) is 6.38. The summed E-state index contributed by atoms with van der Waals surface area (Å²) in [4.78, 5) is 14.7. The molecule has 4 nitrogen and oxygen atoms in total. The SMILES string of the molecule is O=C(CNCc1cccc2[nH]ccc12)NC1CC1. The molecule has 0 spiro atoms. The predicted molar refractivity (Wildman–Crippen MR) is 71.2 cm³/mol. The van der Waals surface area contributed by atoms with Gasteiger partial charge in [0.25, 0.3) is 0 Å². The van der Waals surface area contributed by atoms with E-state index in [1.54, 1.807) is 0 Å². The van der Waals surface area contributed by atoms with Crippen LogP contribution in [0, 0.1) is 0 Å². The maximum atomic E-state index is 11.5. The van der Waals surface area contributed by atoms with Gasteiger partial charge >= 0.3 is 0 Å². The minimum absolute atomic E-state index is 0.0961. The molecule has 1 aromatic heterocycles. The van der Waals surface area contributed by atoms with E-state index in [2.05, 4.69) is 33.8 Å². The molecule has 2 aromatic rings. The van der Waals surface area contributed by atoms with E-state index in [1.165, 1.54) is 10.9 Å². The van der Waals surface area contributed by atoms with Crippen molar-refractivity contribution in [2.75, 3.05) is 6.54 Å². The largest absolute Gasteiger partial charge is 0.361 e. The first kappa shape index (κ1) is 11.3. The summed E-state index contributed by atoms with van der Waals surface area (Å²) < 4.78 is 0. The lowest BCUT2D eigenvalue weighted by atomic mass is 10.1. The van der Waals surface area contributed by atoms with Crippen LogP contribution in [0.25, 0.3) is 10.9 Å². The smallest absolute Gasteiger partial charge is 0.234 e. The highest BCUT2D eigenvalue weighted by molar-refractivity contribution is 5.83. The number of rotatable bonds is 5. The predicted octanol–water partition coefficient (Wildman–Crippen LogP) is 1.54. The fraction of sp³-hybridized carbons (Fsp3) is 0.357. The lowest BCUT2D eigenvalue weighted by Gasteiger charge is -2.06. The van der Waals surface area contributed by atoms with Gasteiger partial charge in [0.05, 0.1) is 6.54 Å². The standard InChI is InChI=1S/C14H17N3O/c18-14(17-11-4-5-11)9-15-8-10-2-1-3-13-12(10)6-7-16-13/h1-3,6-7,11,15-16H,4-5,8-9H2,(H,17,18). The van der Waals surface area contributed by atoms with Gasteiger partial charge in [0, 0.05) is 29.7 Å². The van der Waals surface area contributed by atoms with E-state index in [1.807, 2.05) is 12.3 Å². The molecule has 3 rings (SSSR count). The van der Waals surface area contributed by atoms with Crippen LogP contribution < -0.4 is 10.6 Å². The van der Waals surface area contributed by atoms with Crippen LogP contribution >= 0.6 is 0 Å². The number of fused-ring (bicyclic) bond motifs is 1. The van der Waals surface area contributed by atoms with E-state index >= 15 is 0 Å². The van der Waals surface area contributed by atoms with Crippen LogP contribution in [0.3, 0.4) is 0 Å². The quantitative estimate of drug-likeness (QED) is 0.746. The topological polar surface area (TPSA) is 56.9 Å². The number of amides is 1. The molecule has 1 saturated carbocycles. The van der Waals surface area contributed by atoms with E-state index in [9.17, 15) is 4.79 Å².